The van der Waals surface area contributed by atoms with Crippen LogP contribution >= 0.6 is 0 Å². The van der Waals surface area contributed by atoms with E-state index in [2.05, 4.69) is 156 Å². The summed E-state index contributed by atoms with van der Waals surface area (Å²) in [6.45, 7) is 16.4. The van der Waals surface area contributed by atoms with Crippen molar-refractivity contribution in [3.05, 3.63) is 160 Å². The topological polar surface area (TPSA) is 0 Å². The summed E-state index contributed by atoms with van der Waals surface area (Å²) in [5, 5.41) is 0. The van der Waals surface area contributed by atoms with Crippen LogP contribution in [0.3, 0.4) is 0 Å². The third-order valence-electron chi connectivity index (χ3n) is 5.39. The Kier molecular flexibility index (Phi) is 11.9. The minimum atomic E-state index is 1.06. The zero-order valence-electron chi connectivity index (χ0n) is 22.8. The maximum absolute atomic E-state index is 3.86. The maximum atomic E-state index is 3.86. The molecule has 0 fully saturated rings. The van der Waals surface area contributed by atoms with Crippen molar-refractivity contribution in [2.24, 2.45) is 0 Å². The minimum Gasteiger partial charge on any atom is -0.0961 e. The Hall–Kier alpha value is -3.90. The summed E-state index contributed by atoms with van der Waals surface area (Å²) in [4.78, 5) is 0. The Balaban J connectivity index is 0.000000232. The maximum Gasteiger partial charge on any atom is -0.0256 e. The Labute approximate surface area is 219 Å². The average Bonchev–Trinajstić information content (AvgIpc) is 2.83. The molecule has 0 heterocycles. The molecule has 0 bridgehead atoms. The van der Waals surface area contributed by atoms with E-state index >= 15 is 0 Å². The van der Waals surface area contributed by atoms with E-state index in [9.17, 15) is 0 Å². The van der Waals surface area contributed by atoms with Crippen molar-refractivity contribution in [2.75, 3.05) is 0 Å². The van der Waals surface area contributed by atoms with Gasteiger partial charge in [-0.1, -0.05) is 161 Å². The third kappa shape index (κ3) is 12.0. The highest BCUT2D eigenvalue weighted by atomic mass is 14.0. The highest BCUT2D eigenvalue weighted by Gasteiger charge is 1.90. The van der Waals surface area contributed by atoms with Gasteiger partial charge in [-0.2, -0.15) is 0 Å². The molecule has 0 saturated heterocycles. The molecule has 0 heteroatoms. The second-order valence-corrected chi connectivity index (χ2v) is 9.41. The highest BCUT2D eigenvalue weighted by Crippen LogP contribution is 2.12. The summed E-state index contributed by atoms with van der Waals surface area (Å²) in [7, 11) is 0. The van der Waals surface area contributed by atoms with Gasteiger partial charge in [-0.3, -0.25) is 0 Å². The molecule has 0 aromatic heterocycles. The fourth-order valence-corrected chi connectivity index (χ4v) is 3.44. The van der Waals surface area contributed by atoms with E-state index in [0.29, 0.717) is 0 Å². The fraction of sp³-hybridized carbons (Fsp3) is 0.167. The van der Waals surface area contributed by atoms with Crippen LogP contribution in [0.4, 0.5) is 0 Å². The van der Waals surface area contributed by atoms with E-state index in [1.807, 2.05) is 13.0 Å². The first kappa shape index (κ1) is 28.3. The van der Waals surface area contributed by atoms with Crippen LogP contribution in [0.1, 0.15) is 51.4 Å². The number of hydrogen-bond donors (Lipinski definition) is 0. The Morgan fingerprint density at radius 3 is 1.11 bits per heavy atom. The molecule has 0 unspecified atom stereocenters. The molecule has 0 saturated carbocycles. The zero-order valence-corrected chi connectivity index (χ0v) is 22.8. The lowest BCUT2D eigenvalue weighted by Crippen LogP contribution is -1.76. The van der Waals surface area contributed by atoms with Gasteiger partial charge >= 0.3 is 0 Å². The van der Waals surface area contributed by atoms with Crippen LogP contribution in [0.15, 0.2) is 115 Å². The van der Waals surface area contributed by atoms with Gasteiger partial charge in [0, 0.05) is 0 Å². The summed E-state index contributed by atoms with van der Waals surface area (Å²) >= 11 is 0. The molecular weight excluding hydrogens is 432 g/mol. The molecule has 4 aromatic rings. The van der Waals surface area contributed by atoms with Crippen LogP contribution in [0.5, 0.6) is 0 Å². The Morgan fingerprint density at radius 2 is 0.806 bits per heavy atom. The van der Waals surface area contributed by atoms with Gasteiger partial charge in [-0.05, 0) is 58.2 Å². The molecule has 0 aliphatic heterocycles. The van der Waals surface area contributed by atoms with E-state index in [-0.39, 0.29) is 0 Å². The molecule has 0 nitrogen and oxygen atoms in total. The zero-order chi connectivity index (χ0) is 26.3. The van der Waals surface area contributed by atoms with Gasteiger partial charge in [-0.15, -0.1) is 0 Å². The summed E-state index contributed by atoms with van der Waals surface area (Å²) in [5.74, 6) is 0. The molecule has 0 atom stereocenters. The monoisotopic (exact) mass is 472 g/mol. The normalized spacial score (nSPS) is 10.4. The van der Waals surface area contributed by atoms with Crippen molar-refractivity contribution < 1.29 is 0 Å². The van der Waals surface area contributed by atoms with Gasteiger partial charge in [0.2, 0.25) is 0 Å². The van der Waals surface area contributed by atoms with Crippen LogP contribution in [0.25, 0.3) is 18.2 Å². The first-order valence-corrected chi connectivity index (χ1v) is 12.5. The van der Waals surface area contributed by atoms with E-state index in [1.54, 1.807) is 0 Å². The molecule has 4 rings (SSSR count). The molecule has 0 N–H and O–H groups in total. The fourth-order valence-electron chi connectivity index (χ4n) is 3.44. The predicted octanol–water partition coefficient (Wildman–Crippen LogP) is 10.4. The van der Waals surface area contributed by atoms with Gasteiger partial charge in [0.25, 0.3) is 0 Å². The van der Waals surface area contributed by atoms with Gasteiger partial charge in [0.05, 0.1) is 0 Å². The van der Waals surface area contributed by atoms with Crippen molar-refractivity contribution in [1.29, 1.82) is 0 Å². The molecule has 184 valence electrons. The van der Waals surface area contributed by atoms with Crippen LogP contribution < -0.4 is 0 Å². The molecule has 0 aliphatic rings. The SMILES string of the molecule is C=C(C)/C=C/c1ccc(/C=C/c2ccc(C)cc2)cc1.Cc1cccc(C)c1.Cc1cccc(C)c1. The number of hydrogen-bond acceptors (Lipinski definition) is 0. The second kappa shape index (κ2) is 15.2. The Bertz CT molecular complexity index is 1190. The number of benzene rings is 4. The van der Waals surface area contributed by atoms with Gasteiger partial charge in [0.1, 0.15) is 0 Å². The summed E-state index contributed by atoms with van der Waals surface area (Å²) in [6, 6.07) is 33.9. The van der Waals surface area contributed by atoms with Crippen molar-refractivity contribution in [1.82, 2.24) is 0 Å². The quantitative estimate of drug-likeness (QED) is 0.205. The molecule has 0 radical (unpaired) electrons. The largest absolute Gasteiger partial charge is 0.0961 e. The summed E-state index contributed by atoms with van der Waals surface area (Å²) in [5.41, 5.74) is 11.3. The summed E-state index contributed by atoms with van der Waals surface area (Å²) < 4.78 is 0. The van der Waals surface area contributed by atoms with Crippen molar-refractivity contribution in [3.63, 3.8) is 0 Å². The van der Waals surface area contributed by atoms with Gasteiger partial charge in [-0.25, -0.2) is 0 Å². The van der Waals surface area contributed by atoms with E-state index in [1.165, 1.54) is 44.5 Å². The lowest BCUT2D eigenvalue weighted by Gasteiger charge is -1.97. The van der Waals surface area contributed by atoms with E-state index < -0.39 is 0 Å². The first-order chi connectivity index (χ1) is 17.2. The minimum absolute atomic E-state index is 1.06. The van der Waals surface area contributed by atoms with E-state index in [0.717, 1.165) is 5.57 Å². The average molecular weight is 473 g/mol. The second-order valence-electron chi connectivity index (χ2n) is 9.41. The molecule has 4 aromatic carbocycles. The van der Waals surface area contributed by atoms with Crippen molar-refractivity contribution in [3.8, 4) is 0 Å². The number of allylic oxidation sites excluding steroid dienone is 2. The lowest BCUT2D eigenvalue weighted by atomic mass is 10.1. The standard InChI is InChI=1S/C20H20.2C8H10/c1-16(2)4-7-18-10-13-20(14-11-18)15-12-19-8-5-17(3)6-9-19;2*1-7-4-3-5-8(2)6-7/h4-15H,1H2,2-3H3;2*3-6H,1-2H3/b7-4+,15-12+;;. The van der Waals surface area contributed by atoms with Gasteiger partial charge in [0.15, 0.2) is 0 Å². The highest BCUT2D eigenvalue weighted by molar-refractivity contribution is 5.70. The molecular formula is C36H40. The number of rotatable bonds is 4. The van der Waals surface area contributed by atoms with Crippen molar-refractivity contribution >= 4 is 18.2 Å². The van der Waals surface area contributed by atoms with Crippen LogP contribution in [0.2, 0.25) is 0 Å². The third-order valence-corrected chi connectivity index (χ3v) is 5.39. The van der Waals surface area contributed by atoms with Crippen LogP contribution in [-0.2, 0) is 0 Å². The predicted molar refractivity (Wildman–Crippen MR) is 162 cm³/mol. The molecule has 36 heavy (non-hydrogen) atoms. The number of aryl methyl sites for hydroxylation is 5. The van der Waals surface area contributed by atoms with Crippen LogP contribution in [0, 0.1) is 34.6 Å². The van der Waals surface area contributed by atoms with Gasteiger partial charge < -0.3 is 0 Å². The summed E-state index contributed by atoms with van der Waals surface area (Å²) in [6.07, 6.45) is 8.38. The van der Waals surface area contributed by atoms with Crippen molar-refractivity contribution in [2.45, 2.75) is 41.5 Å². The molecule has 0 spiro atoms. The van der Waals surface area contributed by atoms with Crippen LogP contribution in [-0.4, -0.2) is 0 Å². The molecule has 0 aliphatic carbocycles. The first-order valence-electron chi connectivity index (χ1n) is 12.5. The lowest BCUT2D eigenvalue weighted by molar-refractivity contribution is 1.39. The smallest absolute Gasteiger partial charge is 0.0256 e. The van der Waals surface area contributed by atoms with E-state index in [4.69, 9.17) is 0 Å². The Morgan fingerprint density at radius 1 is 0.472 bits per heavy atom. The molecule has 0 amide bonds.